The van der Waals surface area contributed by atoms with Gasteiger partial charge in [0.25, 0.3) is 5.91 Å². The molecule has 0 aliphatic heterocycles. The summed E-state index contributed by atoms with van der Waals surface area (Å²) in [7, 11) is 0. The lowest BCUT2D eigenvalue weighted by Gasteiger charge is -2.29. The molecule has 1 heterocycles. The molecule has 1 aromatic heterocycles. The normalized spacial score (nSPS) is 19.2. The summed E-state index contributed by atoms with van der Waals surface area (Å²) in [5.74, 6) is -1.82. The van der Waals surface area contributed by atoms with Crippen LogP contribution >= 0.6 is 15.9 Å². The monoisotopic (exact) mass is 446 g/mol. The molecule has 28 heavy (non-hydrogen) atoms. The first kappa shape index (κ1) is 20.3. The van der Waals surface area contributed by atoms with Crippen molar-refractivity contribution in [2.24, 2.45) is 17.6 Å². The van der Waals surface area contributed by atoms with Crippen molar-refractivity contribution in [3.05, 3.63) is 46.2 Å². The molecule has 3 rings (SSSR count). The van der Waals surface area contributed by atoms with Crippen molar-refractivity contribution in [3.8, 4) is 0 Å². The summed E-state index contributed by atoms with van der Waals surface area (Å²) in [6.45, 7) is 2.42. The fraction of sp³-hybridized carbons (Fsp3) is 0.400. The molecule has 148 valence electrons. The van der Waals surface area contributed by atoms with E-state index in [4.69, 9.17) is 5.73 Å². The highest BCUT2D eigenvalue weighted by Crippen LogP contribution is 2.34. The molecule has 2 atom stereocenters. The second-order valence-electron chi connectivity index (χ2n) is 6.97. The van der Waals surface area contributed by atoms with Crippen molar-refractivity contribution in [1.29, 1.82) is 0 Å². The van der Waals surface area contributed by atoms with Crippen LogP contribution in [0, 0.1) is 11.8 Å². The zero-order valence-electron chi connectivity index (χ0n) is 15.7. The Morgan fingerprint density at radius 3 is 2.43 bits per heavy atom. The Kier molecular flexibility index (Phi) is 6.28. The van der Waals surface area contributed by atoms with E-state index in [0.717, 1.165) is 17.3 Å². The summed E-state index contributed by atoms with van der Waals surface area (Å²) in [6.07, 6.45) is 4.69. The topological polar surface area (TPSA) is 107 Å². The second-order valence-corrected chi connectivity index (χ2v) is 7.88. The number of amides is 2. The number of carbonyl (C=O) groups is 3. The fourth-order valence-corrected chi connectivity index (χ4v) is 3.93. The van der Waals surface area contributed by atoms with Crippen molar-refractivity contribution in [3.63, 3.8) is 0 Å². The van der Waals surface area contributed by atoms with Crippen LogP contribution in [0.25, 0.3) is 0 Å². The minimum absolute atomic E-state index is 0.0215. The molecule has 0 saturated heterocycles. The summed E-state index contributed by atoms with van der Waals surface area (Å²) < 4.78 is 2.44. The number of ketones is 1. The van der Waals surface area contributed by atoms with Gasteiger partial charge in [-0.1, -0.05) is 40.9 Å². The number of primary amides is 1. The summed E-state index contributed by atoms with van der Waals surface area (Å²) >= 11 is 3.37. The number of aryl methyl sites for hydroxylation is 1. The lowest BCUT2D eigenvalue weighted by atomic mass is 9.75. The van der Waals surface area contributed by atoms with Gasteiger partial charge in [0.05, 0.1) is 5.69 Å². The van der Waals surface area contributed by atoms with Crippen molar-refractivity contribution < 1.29 is 14.4 Å². The van der Waals surface area contributed by atoms with Gasteiger partial charge in [-0.15, -0.1) is 0 Å². The van der Waals surface area contributed by atoms with Crippen LogP contribution in [0.5, 0.6) is 0 Å². The third-order valence-corrected chi connectivity index (χ3v) is 5.67. The summed E-state index contributed by atoms with van der Waals surface area (Å²) in [6, 6.07) is 7.19. The van der Waals surface area contributed by atoms with Crippen molar-refractivity contribution >= 4 is 39.2 Å². The maximum atomic E-state index is 13.0. The maximum Gasteiger partial charge on any atom is 0.271 e. The number of carbonyl (C=O) groups excluding carboxylic acids is 3. The zero-order chi connectivity index (χ0) is 20.3. The number of nitrogens with one attached hydrogen (secondary N) is 1. The summed E-state index contributed by atoms with van der Waals surface area (Å²) in [5.41, 5.74) is 6.30. The zero-order valence-corrected chi connectivity index (χ0v) is 17.2. The first-order chi connectivity index (χ1) is 13.4. The molecular formula is C20H23BrN4O3. The Labute approximate surface area is 171 Å². The van der Waals surface area contributed by atoms with Crippen LogP contribution in [-0.4, -0.2) is 27.4 Å². The van der Waals surface area contributed by atoms with E-state index in [-0.39, 0.29) is 23.3 Å². The van der Waals surface area contributed by atoms with Crippen LogP contribution in [0.1, 0.15) is 53.5 Å². The van der Waals surface area contributed by atoms with Gasteiger partial charge in [0, 0.05) is 34.6 Å². The van der Waals surface area contributed by atoms with Crippen molar-refractivity contribution in [1.82, 2.24) is 9.78 Å². The van der Waals surface area contributed by atoms with Gasteiger partial charge in [-0.3, -0.25) is 19.1 Å². The summed E-state index contributed by atoms with van der Waals surface area (Å²) in [4.78, 5) is 37.6. The predicted molar refractivity (Wildman–Crippen MR) is 109 cm³/mol. The molecule has 1 aliphatic rings. The van der Waals surface area contributed by atoms with Crippen molar-refractivity contribution in [2.45, 2.75) is 39.2 Å². The molecule has 3 N–H and O–H groups in total. The minimum Gasteiger partial charge on any atom is -0.364 e. The lowest BCUT2D eigenvalue weighted by molar-refractivity contribution is -0.121. The number of aromatic nitrogens is 2. The third kappa shape index (κ3) is 4.32. The Morgan fingerprint density at radius 1 is 1.18 bits per heavy atom. The highest BCUT2D eigenvalue weighted by atomic mass is 79.9. The highest BCUT2D eigenvalue weighted by molar-refractivity contribution is 9.10. The number of Topliss-reactive ketones (excluding diaryl/α,β-unsaturated/α-hetero) is 1. The van der Waals surface area contributed by atoms with Gasteiger partial charge in [0.1, 0.15) is 0 Å². The van der Waals surface area contributed by atoms with Crippen LogP contribution in [0.15, 0.2) is 34.9 Å². The van der Waals surface area contributed by atoms with E-state index in [1.165, 1.54) is 0 Å². The van der Waals surface area contributed by atoms with E-state index >= 15 is 0 Å². The van der Waals surface area contributed by atoms with Gasteiger partial charge < -0.3 is 11.1 Å². The molecule has 2 unspecified atom stereocenters. The number of anilines is 1. The molecule has 0 bridgehead atoms. The maximum absolute atomic E-state index is 13.0. The molecule has 1 fully saturated rings. The molecule has 1 aromatic carbocycles. The first-order valence-corrected chi connectivity index (χ1v) is 10.2. The minimum atomic E-state index is -0.700. The van der Waals surface area contributed by atoms with E-state index < -0.39 is 11.8 Å². The molecule has 1 aliphatic carbocycles. The Morgan fingerprint density at radius 2 is 1.82 bits per heavy atom. The van der Waals surface area contributed by atoms with E-state index in [1.807, 2.05) is 19.1 Å². The van der Waals surface area contributed by atoms with Gasteiger partial charge in [-0.2, -0.15) is 5.10 Å². The highest BCUT2D eigenvalue weighted by Gasteiger charge is 2.36. The number of hydrogen-bond donors (Lipinski definition) is 2. The molecule has 0 spiro atoms. The van der Waals surface area contributed by atoms with E-state index in [2.05, 4.69) is 26.3 Å². The van der Waals surface area contributed by atoms with Crippen LogP contribution in [0.2, 0.25) is 0 Å². The van der Waals surface area contributed by atoms with Crippen LogP contribution < -0.4 is 11.1 Å². The molecule has 2 aromatic rings. The van der Waals surface area contributed by atoms with Gasteiger partial charge in [0.2, 0.25) is 5.91 Å². The van der Waals surface area contributed by atoms with E-state index in [0.29, 0.717) is 30.6 Å². The van der Waals surface area contributed by atoms with Crippen LogP contribution in [0.3, 0.4) is 0 Å². The quantitative estimate of drug-likeness (QED) is 0.662. The Hall–Kier alpha value is -2.48. The molecule has 1 saturated carbocycles. The molecular weight excluding hydrogens is 424 g/mol. The molecule has 7 nitrogen and oxygen atoms in total. The van der Waals surface area contributed by atoms with Gasteiger partial charge in [-0.25, -0.2) is 0 Å². The van der Waals surface area contributed by atoms with E-state index in [9.17, 15) is 14.4 Å². The molecule has 2 amide bonds. The van der Waals surface area contributed by atoms with Gasteiger partial charge in [-0.05, 0) is 31.9 Å². The van der Waals surface area contributed by atoms with Crippen LogP contribution in [0.4, 0.5) is 5.69 Å². The predicted octanol–water partition coefficient (Wildman–Crippen LogP) is 3.39. The van der Waals surface area contributed by atoms with E-state index in [1.54, 1.807) is 23.0 Å². The Bertz CT molecular complexity index is 891. The number of rotatable bonds is 6. The third-order valence-electron chi connectivity index (χ3n) is 5.15. The van der Waals surface area contributed by atoms with Gasteiger partial charge >= 0.3 is 0 Å². The number of hydrogen-bond acceptors (Lipinski definition) is 4. The first-order valence-electron chi connectivity index (χ1n) is 9.38. The lowest BCUT2D eigenvalue weighted by Crippen LogP contribution is -2.36. The smallest absolute Gasteiger partial charge is 0.271 e. The SMILES string of the molecule is CCn1cc(NC(=O)C2CCCCC2C(=O)c2ccc(Br)cc2)c(C(N)=O)n1. The average Bonchev–Trinajstić information content (AvgIpc) is 3.11. The fourth-order valence-electron chi connectivity index (χ4n) is 3.67. The number of nitrogens with zero attached hydrogens (tertiary/aromatic N) is 2. The largest absolute Gasteiger partial charge is 0.364 e. The Balaban J connectivity index is 1.81. The number of benzene rings is 1. The summed E-state index contributed by atoms with van der Waals surface area (Å²) in [5, 5.41) is 6.87. The average molecular weight is 447 g/mol. The second kappa shape index (κ2) is 8.68. The molecule has 0 radical (unpaired) electrons. The van der Waals surface area contributed by atoms with Crippen LogP contribution in [-0.2, 0) is 11.3 Å². The number of halogens is 1. The van der Waals surface area contributed by atoms with Gasteiger partial charge in [0.15, 0.2) is 11.5 Å². The van der Waals surface area contributed by atoms with Crippen molar-refractivity contribution in [2.75, 3.05) is 5.32 Å². The molecule has 8 heteroatoms. The standard InChI is InChI=1S/C20H23BrN4O3/c1-2-25-11-16(17(24-25)19(22)27)23-20(28)15-6-4-3-5-14(15)18(26)12-7-9-13(21)10-8-12/h7-11,14-15H,2-6H2,1H3,(H2,22,27)(H,23,28). The number of nitrogens with two attached hydrogens (primary N) is 1.